The lowest BCUT2D eigenvalue weighted by molar-refractivity contribution is -0.136. The predicted molar refractivity (Wildman–Crippen MR) is 245 cm³/mol. The zero-order valence-corrected chi connectivity index (χ0v) is 38.2. The lowest BCUT2D eigenvalue weighted by Gasteiger charge is -2.48. The van der Waals surface area contributed by atoms with Gasteiger partial charge >= 0.3 is 0 Å². The Hall–Kier alpha value is -5.75. The van der Waals surface area contributed by atoms with Crippen molar-refractivity contribution in [3.8, 4) is 0 Å². The van der Waals surface area contributed by atoms with Gasteiger partial charge in [0.2, 0.25) is 17.7 Å². The molecule has 1 spiro atoms. The van der Waals surface area contributed by atoms with E-state index in [1.54, 1.807) is 23.4 Å². The standard InChI is InChI=1S/C48H61F2N11O5/c1-47(2)11-19-57(20-12-47)27-31-23-37(50)39(25-36(31)49)60-28-43(63)55-48(29-60)13-21-59(22-14-48)41-26-40(52-30-53-41)51-15-4-16-56(3)32-9-17-58(18-10-32)33-5-6-34-35(24-33)46(66)61(45(34)65)38-7-8-42(62)54-44(38)64/h5-6,23-26,30,32,38H,4,7-22,27-29H2,1-3H3,(H,55,63)(H,51,52,53)(H,54,62,64). The van der Waals surface area contributed by atoms with Gasteiger partial charge in [-0.3, -0.25) is 39.1 Å². The van der Waals surface area contributed by atoms with Crippen molar-refractivity contribution in [3.05, 3.63) is 71.1 Å². The second-order valence-electron chi connectivity index (χ2n) is 19.9. The molecule has 6 aliphatic heterocycles. The third-order valence-electron chi connectivity index (χ3n) is 14.9. The van der Waals surface area contributed by atoms with Gasteiger partial charge in [-0.15, -0.1) is 0 Å². The van der Waals surface area contributed by atoms with Crippen LogP contribution in [0.15, 0.2) is 42.7 Å². The van der Waals surface area contributed by atoms with Crippen LogP contribution in [0.3, 0.4) is 0 Å². The molecule has 5 amide bonds. The summed E-state index contributed by atoms with van der Waals surface area (Å²) in [5.74, 6) is -1.65. The van der Waals surface area contributed by atoms with Crippen LogP contribution in [0.1, 0.15) is 97.9 Å². The first-order valence-electron chi connectivity index (χ1n) is 23.5. The summed E-state index contributed by atoms with van der Waals surface area (Å²) >= 11 is 0. The number of likely N-dealkylation sites (tertiary alicyclic amines) is 1. The molecule has 16 nitrogen and oxygen atoms in total. The number of rotatable bonds is 12. The topological polar surface area (TPSA) is 167 Å². The van der Waals surface area contributed by atoms with E-state index in [1.165, 1.54) is 12.1 Å². The van der Waals surface area contributed by atoms with Crippen LogP contribution in [0.25, 0.3) is 0 Å². The molecule has 1 atom stereocenters. The maximum absolute atomic E-state index is 15.7. The van der Waals surface area contributed by atoms with E-state index >= 15 is 8.78 Å². The number of hydrogen-bond acceptors (Lipinski definition) is 13. The van der Waals surface area contributed by atoms with Crippen molar-refractivity contribution in [1.29, 1.82) is 0 Å². The van der Waals surface area contributed by atoms with E-state index in [2.05, 4.69) is 66.4 Å². The average molecular weight is 910 g/mol. The molecule has 5 saturated heterocycles. The van der Waals surface area contributed by atoms with Crippen molar-refractivity contribution in [3.63, 3.8) is 0 Å². The summed E-state index contributed by atoms with van der Waals surface area (Å²) in [4.78, 5) is 84.4. The van der Waals surface area contributed by atoms with Crippen LogP contribution in [0.2, 0.25) is 0 Å². The predicted octanol–water partition coefficient (Wildman–Crippen LogP) is 4.16. The molecule has 7 heterocycles. The zero-order chi connectivity index (χ0) is 46.3. The van der Waals surface area contributed by atoms with Crippen molar-refractivity contribution in [2.75, 3.05) is 92.5 Å². The molecule has 1 unspecified atom stereocenters. The Balaban J connectivity index is 0.718. The second kappa shape index (κ2) is 18.5. The molecular weight excluding hydrogens is 849 g/mol. The first kappa shape index (κ1) is 45.4. The summed E-state index contributed by atoms with van der Waals surface area (Å²) in [7, 11) is 2.14. The van der Waals surface area contributed by atoms with Crippen molar-refractivity contribution < 1.29 is 32.8 Å². The molecule has 5 fully saturated rings. The summed E-state index contributed by atoms with van der Waals surface area (Å²) in [6, 6.07) is 9.22. The van der Waals surface area contributed by atoms with Gasteiger partial charge in [0.05, 0.1) is 28.9 Å². The fraction of sp³-hybridized carbons (Fsp3) is 0.562. The maximum Gasteiger partial charge on any atom is 0.262 e. The fourth-order valence-electron chi connectivity index (χ4n) is 10.6. The Morgan fingerprint density at radius 3 is 2.29 bits per heavy atom. The number of hydrogen-bond donors (Lipinski definition) is 3. The first-order valence-corrected chi connectivity index (χ1v) is 23.5. The lowest BCUT2D eigenvalue weighted by atomic mass is 9.82. The number of carbonyl (C=O) groups excluding carboxylic acids is 5. The zero-order valence-electron chi connectivity index (χ0n) is 38.2. The number of fused-ring (bicyclic) bond motifs is 1. The van der Waals surface area contributed by atoms with Gasteiger partial charge in [0.15, 0.2) is 0 Å². The van der Waals surface area contributed by atoms with Crippen LogP contribution in [0.5, 0.6) is 0 Å². The van der Waals surface area contributed by atoms with E-state index in [1.807, 2.05) is 12.1 Å². The normalized spacial score (nSPS) is 22.6. The minimum absolute atomic E-state index is 0.0276. The molecule has 1 aromatic heterocycles. The third kappa shape index (κ3) is 9.57. The Morgan fingerprint density at radius 2 is 1.55 bits per heavy atom. The van der Waals surface area contributed by atoms with Crippen LogP contribution < -0.4 is 30.7 Å². The number of anilines is 4. The summed E-state index contributed by atoms with van der Waals surface area (Å²) in [6.07, 6.45) is 7.82. The van der Waals surface area contributed by atoms with Crippen LogP contribution in [-0.4, -0.2) is 144 Å². The summed E-state index contributed by atoms with van der Waals surface area (Å²) < 4.78 is 31.2. The Kier molecular flexibility index (Phi) is 12.7. The molecule has 3 aromatic rings. The van der Waals surface area contributed by atoms with Gasteiger partial charge in [-0.25, -0.2) is 18.7 Å². The number of nitrogens with one attached hydrogen (secondary N) is 3. The molecule has 0 radical (unpaired) electrons. The molecule has 9 rings (SSSR count). The van der Waals surface area contributed by atoms with Crippen molar-refractivity contribution in [2.24, 2.45) is 5.41 Å². The Morgan fingerprint density at radius 1 is 0.803 bits per heavy atom. The molecule has 352 valence electrons. The van der Waals surface area contributed by atoms with E-state index in [4.69, 9.17) is 0 Å². The molecule has 66 heavy (non-hydrogen) atoms. The SMILES string of the molecule is CN(CCCNc1cc(N2CCC3(CC2)CN(c2cc(F)c(CN4CCC(C)(C)CC4)cc2F)CC(=O)N3)ncn1)C1CCN(c2ccc3c(c2)C(=O)N(C2CCC(=O)NC2=O)C3=O)CC1. The number of nitrogens with zero attached hydrogens (tertiary/aromatic N) is 8. The molecule has 0 bridgehead atoms. The molecule has 2 aromatic carbocycles. The highest BCUT2D eigenvalue weighted by Gasteiger charge is 2.45. The number of halogens is 2. The number of piperidine rings is 4. The van der Waals surface area contributed by atoms with Crippen molar-refractivity contribution in [1.82, 2.24) is 35.3 Å². The number of imide groups is 2. The molecule has 18 heteroatoms. The van der Waals surface area contributed by atoms with E-state index in [9.17, 15) is 24.0 Å². The van der Waals surface area contributed by atoms with Gasteiger partial charge in [-0.1, -0.05) is 13.8 Å². The quantitative estimate of drug-likeness (QED) is 0.176. The summed E-state index contributed by atoms with van der Waals surface area (Å²) in [5, 5.41) is 8.89. The van der Waals surface area contributed by atoms with Gasteiger partial charge < -0.3 is 30.2 Å². The Labute approximate surface area is 384 Å². The van der Waals surface area contributed by atoms with Crippen LogP contribution >= 0.6 is 0 Å². The first-order chi connectivity index (χ1) is 31.6. The molecule has 0 aliphatic carbocycles. The smallest absolute Gasteiger partial charge is 0.262 e. The van der Waals surface area contributed by atoms with Crippen LogP contribution in [0.4, 0.5) is 31.8 Å². The van der Waals surface area contributed by atoms with E-state index in [-0.39, 0.29) is 42.0 Å². The summed E-state index contributed by atoms with van der Waals surface area (Å²) in [6.45, 7) is 11.4. The number of aromatic nitrogens is 2. The molecule has 3 N–H and O–H groups in total. The minimum Gasteiger partial charge on any atom is -0.371 e. The molecule has 0 saturated carbocycles. The average Bonchev–Trinajstić information content (AvgIpc) is 3.54. The van der Waals surface area contributed by atoms with E-state index in [0.717, 1.165) is 93.6 Å². The van der Waals surface area contributed by atoms with Crippen molar-refractivity contribution >= 4 is 52.5 Å². The number of amides is 5. The number of benzene rings is 2. The van der Waals surface area contributed by atoms with E-state index in [0.29, 0.717) is 56.2 Å². The largest absolute Gasteiger partial charge is 0.371 e. The van der Waals surface area contributed by atoms with Gasteiger partial charge in [0.25, 0.3) is 11.8 Å². The lowest BCUT2D eigenvalue weighted by Crippen LogP contribution is -2.66. The van der Waals surface area contributed by atoms with Crippen LogP contribution in [-0.2, 0) is 20.9 Å². The molecule has 6 aliphatic rings. The fourth-order valence-corrected chi connectivity index (χ4v) is 10.6. The Bertz CT molecular complexity index is 2370. The maximum atomic E-state index is 15.7. The highest BCUT2D eigenvalue weighted by Crippen LogP contribution is 2.36. The monoisotopic (exact) mass is 909 g/mol. The van der Waals surface area contributed by atoms with E-state index < -0.39 is 46.8 Å². The van der Waals surface area contributed by atoms with Crippen molar-refractivity contribution in [2.45, 2.75) is 95.8 Å². The van der Waals surface area contributed by atoms with Gasteiger partial charge in [-0.2, -0.15) is 0 Å². The van der Waals surface area contributed by atoms with Gasteiger partial charge in [0.1, 0.15) is 35.6 Å². The van der Waals surface area contributed by atoms with Gasteiger partial charge in [-0.05, 0) is 108 Å². The second-order valence-corrected chi connectivity index (χ2v) is 19.9. The van der Waals surface area contributed by atoms with Gasteiger partial charge in [0, 0.05) is 81.7 Å². The number of piperazine rings is 1. The van der Waals surface area contributed by atoms with Crippen LogP contribution in [0, 0.1) is 17.0 Å². The highest BCUT2D eigenvalue weighted by molar-refractivity contribution is 6.23. The third-order valence-corrected chi connectivity index (χ3v) is 14.9. The highest BCUT2D eigenvalue weighted by atomic mass is 19.1. The number of carbonyl (C=O) groups is 5. The molecular formula is C48H61F2N11O5. The minimum atomic E-state index is -0.988. The summed E-state index contributed by atoms with van der Waals surface area (Å²) in [5.41, 5.74) is 1.61.